The van der Waals surface area contributed by atoms with Crippen LogP contribution in [0.25, 0.3) is 0 Å². The molecule has 1 saturated carbocycles. The molecule has 2 amide bonds. The third kappa shape index (κ3) is 11.0. The number of carbonyl (C=O) groups is 2. The first-order valence-electron chi connectivity index (χ1n) is 15.8. The van der Waals surface area contributed by atoms with E-state index in [1.165, 1.54) is 10.5 Å². The molecular formula is C32H52N2O9. The van der Waals surface area contributed by atoms with Gasteiger partial charge < -0.3 is 44.9 Å². The lowest BCUT2D eigenvalue weighted by molar-refractivity contribution is -0.152. The van der Waals surface area contributed by atoms with Gasteiger partial charge in [-0.25, -0.2) is 0 Å². The molecule has 11 nitrogen and oxygen atoms in total. The maximum absolute atomic E-state index is 13.2. The fourth-order valence-corrected chi connectivity index (χ4v) is 5.91. The minimum atomic E-state index is -1.52. The molecule has 11 heteroatoms. The molecule has 0 radical (unpaired) electrons. The third-order valence-electron chi connectivity index (χ3n) is 8.36. The van der Waals surface area contributed by atoms with Gasteiger partial charge in [0.2, 0.25) is 11.8 Å². The van der Waals surface area contributed by atoms with Crippen molar-refractivity contribution in [2.75, 3.05) is 46.1 Å². The molecular weight excluding hydrogens is 556 g/mol. The van der Waals surface area contributed by atoms with Crippen LogP contribution >= 0.6 is 0 Å². The zero-order chi connectivity index (χ0) is 31.2. The monoisotopic (exact) mass is 608 g/mol. The molecule has 1 aromatic carbocycles. The van der Waals surface area contributed by atoms with Gasteiger partial charge in [-0.3, -0.25) is 9.59 Å². The topological polar surface area (TPSA) is 158 Å². The summed E-state index contributed by atoms with van der Waals surface area (Å²) in [6, 6.07) is 8.12. The van der Waals surface area contributed by atoms with E-state index in [2.05, 4.69) is 17.4 Å². The zero-order valence-corrected chi connectivity index (χ0v) is 25.8. The molecule has 1 aliphatic heterocycles. The lowest BCUT2D eigenvalue weighted by Gasteiger charge is -2.33. The second-order valence-electron chi connectivity index (χ2n) is 12.1. The van der Waals surface area contributed by atoms with Crippen molar-refractivity contribution in [1.29, 1.82) is 0 Å². The first kappa shape index (κ1) is 35.2. The molecule has 0 spiro atoms. The van der Waals surface area contributed by atoms with E-state index in [0.717, 1.165) is 31.4 Å². The normalized spacial score (nSPS) is 24.7. The molecule has 2 fully saturated rings. The molecule has 244 valence electrons. The third-order valence-corrected chi connectivity index (χ3v) is 8.36. The van der Waals surface area contributed by atoms with Crippen LogP contribution in [-0.4, -0.2) is 114 Å². The molecule has 0 aromatic heterocycles. The summed E-state index contributed by atoms with van der Waals surface area (Å²) < 4.78 is 17.0. The van der Waals surface area contributed by atoms with Gasteiger partial charge in [-0.1, -0.05) is 25.0 Å². The highest BCUT2D eigenvalue weighted by Crippen LogP contribution is 2.41. The molecule has 2 aliphatic rings. The Kier molecular flexibility index (Phi) is 14.6. The van der Waals surface area contributed by atoms with E-state index in [1.807, 2.05) is 26.0 Å². The van der Waals surface area contributed by atoms with Gasteiger partial charge in [0.1, 0.15) is 30.2 Å². The average Bonchev–Trinajstić information content (AvgIpc) is 3.48. The second-order valence-corrected chi connectivity index (χ2v) is 12.1. The number of amides is 2. The fourth-order valence-electron chi connectivity index (χ4n) is 5.91. The highest BCUT2D eigenvalue weighted by molar-refractivity contribution is 5.83. The number of aliphatic hydroxyl groups is 4. The quantitative estimate of drug-likeness (QED) is 0.267. The van der Waals surface area contributed by atoms with Crippen molar-refractivity contribution in [3.05, 3.63) is 29.8 Å². The van der Waals surface area contributed by atoms with E-state index in [-0.39, 0.29) is 55.9 Å². The van der Waals surface area contributed by atoms with Crippen LogP contribution in [-0.2, 0) is 24.5 Å². The van der Waals surface area contributed by atoms with E-state index in [4.69, 9.17) is 14.2 Å². The Labute approximate surface area is 255 Å². The molecule has 1 aromatic rings. The standard InChI is InChI=1S/C32H52N2O9/c1-23(2)43-25-10-8-24(9-11-25)32(14-3-4-15-32)22-33-28(38)12-13-29(39)34-16-7-18-41-17-5-6-19-42-31(27(37)21-35)30(40)26(36)20-34/h8-11,23,26-27,30-31,35-37,40H,3-7,12-22H2,1-2H3,(H,33,38)/t26-,27-,30-,31-/m1/s1. The number of benzene rings is 1. The summed E-state index contributed by atoms with van der Waals surface area (Å²) in [7, 11) is 0. The van der Waals surface area contributed by atoms with Gasteiger partial charge in [-0.2, -0.15) is 0 Å². The molecule has 4 atom stereocenters. The van der Waals surface area contributed by atoms with Crippen LogP contribution in [0.3, 0.4) is 0 Å². The number of hydrogen-bond acceptors (Lipinski definition) is 9. The Morgan fingerprint density at radius 1 is 1.02 bits per heavy atom. The summed E-state index contributed by atoms with van der Waals surface area (Å²) in [5.41, 5.74) is 1.02. The minimum Gasteiger partial charge on any atom is -0.491 e. The van der Waals surface area contributed by atoms with Gasteiger partial charge in [0.05, 0.1) is 12.7 Å². The number of β-amino-alcohol motifs (C(OH)–C–C–N with tert-alkyl or cyclic N) is 1. The number of nitrogens with one attached hydrogen (secondary N) is 1. The number of carbonyl (C=O) groups excluding carboxylic acids is 2. The lowest BCUT2D eigenvalue weighted by Crippen LogP contribution is -2.52. The molecule has 1 heterocycles. The van der Waals surface area contributed by atoms with Crippen molar-refractivity contribution in [3.63, 3.8) is 0 Å². The second kappa shape index (κ2) is 17.9. The molecule has 0 bridgehead atoms. The SMILES string of the molecule is CC(C)Oc1ccc(C2(CNC(=O)CCC(=O)N3CCCOCCCCO[C@H]([C@H](O)CO)[C@H](O)[C@H](O)C3)CCCC2)cc1. The van der Waals surface area contributed by atoms with Crippen molar-refractivity contribution in [2.45, 2.75) is 108 Å². The maximum atomic E-state index is 13.2. The summed E-state index contributed by atoms with van der Waals surface area (Å²) in [4.78, 5) is 27.5. The lowest BCUT2D eigenvalue weighted by atomic mass is 9.78. The predicted molar refractivity (Wildman–Crippen MR) is 161 cm³/mol. The van der Waals surface area contributed by atoms with Crippen molar-refractivity contribution in [2.24, 2.45) is 0 Å². The Hall–Kier alpha value is -2.28. The predicted octanol–water partition coefficient (Wildman–Crippen LogP) is 1.67. The van der Waals surface area contributed by atoms with Crippen molar-refractivity contribution in [3.8, 4) is 5.75 Å². The van der Waals surface area contributed by atoms with Crippen LogP contribution in [0, 0.1) is 0 Å². The van der Waals surface area contributed by atoms with Gasteiger partial charge in [0.15, 0.2) is 0 Å². The zero-order valence-electron chi connectivity index (χ0n) is 25.8. The van der Waals surface area contributed by atoms with E-state index >= 15 is 0 Å². The first-order chi connectivity index (χ1) is 20.6. The molecule has 0 unspecified atom stereocenters. The van der Waals surface area contributed by atoms with Crippen LogP contribution in [0.15, 0.2) is 24.3 Å². The summed E-state index contributed by atoms with van der Waals surface area (Å²) in [5, 5.41) is 44.1. The smallest absolute Gasteiger partial charge is 0.223 e. The first-order valence-corrected chi connectivity index (χ1v) is 15.8. The Morgan fingerprint density at radius 2 is 1.70 bits per heavy atom. The van der Waals surface area contributed by atoms with Gasteiger partial charge >= 0.3 is 0 Å². The maximum Gasteiger partial charge on any atom is 0.223 e. The fraction of sp³-hybridized carbons (Fsp3) is 0.750. The summed E-state index contributed by atoms with van der Waals surface area (Å²) in [6.07, 6.45) is 0.483. The molecule has 43 heavy (non-hydrogen) atoms. The highest BCUT2D eigenvalue weighted by Gasteiger charge is 2.37. The number of rotatable bonds is 10. The van der Waals surface area contributed by atoms with Crippen molar-refractivity contribution >= 4 is 11.8 Å². The van der Waals surface area contributed by atoms with Crippen molar-refractivity contribution in [1.82, 2.24) is 10.2 Å². The van der Waals surface area contributed by atoms with E-state index in [0.29, 0.717) is 39.0 Å². The van der Waals surface area contributed by atoms with Crippen LogP contribution in [0.4, 0.5) is 0 Å². The van der Waals surface area contributed by atoms with Gasteiger partial charge in [0.25, 0.3) is 0 Å². The van der Waals surface area contributed by atoms with Crippen LogP contribution in [0.2, 0.25) is 0 Å². The Bertz CT molecular complexity index is 968. The number of aliphatic hydroxyl groups excluding tert-OH is 4. The summed E-state index contributed by atoms with van der Waals surface area (Å²) in [6.45, 7) is 5.05. The van der Waals surface area contributed by atoms with Crippen LogP contribution in [0.1, 0.15) is 77.2 Å². The summed E-state index contributed by atoms with van der Waals surface area (Å²) in [5.74, 6) is 0.272. The number of hydrogen-bond donors (Lipinski definition) is 5. The van der Waals surface area contributed by atoms with Crippen molar-refractivity contribution < 1.29 is 44.2 Å². The average molecular weight is 609 g/mol. The minimum absolute atomic E-state index is 0.00328. The molecule has 1 saturated heterocycles. The van der Waals surface area contributed by atoms with Crippen LogP contribution in [0.5, 0.6) is 5.75 Å². The number of ether oxygens (including phenoxy) is 3. The number of nitrogens with zero attached hydrogens (tertiary/aromatic N) is 1. The van der Waals surface area contributed by atoms with Gasteiger partial charge in [-0.05, 0) is 63.6 Å². The highest BCUT2D eigenvalue weighted by atomic mass is 16.5. The molecule has 3 rings (SSSR count). The van der Waals surface area contributed by atoms with E-state index in [9.17, 15) is 30.0 Å². The Morgan fingerprint density at radius 3 is 2.37 bits per heavy atom. The largest absolute Gasteiger partial charge is 0.491 e. The van der Waals surface area contributed by atoms with E-state index in [1.54, 1.807) is 0 Å². The van der Waals surface area contributed by atoms with E-state index < -0.39 is 31.0 Å². The Balaban J connectivity index is 1.57. The summed E-state index contributed by atoms with van der Waals surface area (Å²) >= 11 is 0. The molecule has 5 N–H and O–H groups in total. The molecule has 1 aliphatic carbocycles. The van der Waals surface area contributed by atoms with Crippen LogP contribution < -0.4 is 10.1 Å². The van der Waals surface area contributed by atoms with Gasteiger partial charge in [-0.15, -0.1) is 0 Å². The van der Waals surface area contributed by atoms with Gasteiger partial charge in [0, 0.05) is 57.7 Å².